The first-order valence-electron chi connectivity index (χ1n) is 5.55. The number of hydrogen-bond acceptors (Lipinski definition) is 5. The normalized spacial score (nSPS) is 24.4. The molecule has 6 heteroatoms. The Bertz CT molecular complexity index is 524. The molecule has 1 aliphatic rings. The van der Waals surface area contributed by atoms with Gasteiger partial charge >= 0.3 is 0 Å². The standard InChI is InChI=1S/C11H12BrN3OS/c1-6-2-3-13-9(6)11-14-10(15-16-11)8-4-7(12)5-17-8/h4-6,9,13H,2-3H2,1H3. The van der Waals surface area contributed by atoms with Gasteiger partial charge in [0.2, 0.25) is 11.7 Å². The summed E-state index contributed by atoms with van der Waals surface area (Å²) in [5, 5.41) is 9.45. The van der Waals surface area contributed by atoms with Crippen LogP contribution in [0.15, 0.2) is 20.4 Å². The quantitative estimate of drug-likeness (QED) is 0.924. The number of halogens is 1. The fourth-order valence-electron chi connectivity index (χ4n) is 2.06. The lowest BCUT2D eigenvalue weighted by molar-refractivity contribution is 0.319. The fourth-order valence-corrected chi connectivity index (χ4v) is 3.41. The summed E-state index contributed by atoms with van der Waals surface area (Å²) in [5.74, 6) is 1.93. The molecule has 0 aromatic carbocycles. The number of rotatable bonds is 2. The maximum absolute atomic E-state index is 5.35. The third-order valence-corrected chi connectivity index (χ3v) is 4.72. The molecule has 1 fully saturated rings. The molecule has 4 nitrogen and oxygen atoms in total. The van der Waals surface area contributed by atoms with Crippen molar-refractivity contribution in [2.24, 2.45) is 5.92 Å². The highest BCUT2D eigenvalue weighted by molar-refractivity contribution is 9.10. The molecular formula is C11H12BrN3OS. The summed E-state index contributed by atoms with van der Waals surface area (Å²) in [5.41, 5.74) is 0. The predicted octanol–water partition coefficient (Wildman–Crippen LogP) is 3.23. The lowest BCUT2D eigenvalue weighted by Gasteiger charge is -2.08. The third kappa shape index (κ3) is 2.17. The Hall–Kier alpha value is -0.720. The van der Waals surface area contributed by atoms with Gasteiger partial charge in [-0.2, -0.15) is 4.98 Å². The van der Waals surface area contributed by atoms with E-state index in [1.807, 2.05) is 11.4 Å². The van der Waals surface area contributed by atoms with Crippen LogP contribution in [-0.2, 0) is 0 Å². The van der Waals surface area contributed by atoms with Crippen LogP contribution in [0.1, 0.15) is 25.3 Å². The monoisotopic (exact) mass is 313 g/mol. The van der Waals surface area contributed by atoms with Crippen LogP contribution in [0, 0.1) is 5.92 Å². The molecule has 2 atom stereocenters. The van der Waals surface area contributed by atoms with Gasteiger partial charge in [0.25, 0.3) is 0 Å². The third-order valence-electron chi connectivity index (χ3n) is 3.03. The zero-order valence-electron chi connectivity index (χ0n) is 9.31. The number of nitrogens with one attached hydrogen (secondary N) is 1. The molecule has 90 valence electrons. The summed E-state index contributed by atoms with van der Waals surface area (Å²) in [6.45, 7) is 3.23. The molecule has 0 spiro atoms. The van der Waals surface area contributed by atoms with Gasteiger partial charge in [0.1, 0.15) is 0 Å². The zero-order valence-corrected chi connectivity index (χ0v) is 11.7. The van der Waals surface area contributed by atoms with Gasteiger partial charge in [-0.1, -0.05) is 12.1 Å². The van der Waals surface area contributed by atoms with Crippen LogP contribution in [0.25, 0.3) is 10.7 Å². The van der Waals surface area contributed by atoms with E-state index < -0.39 is 0 Å². The van der Waals surface area contributed by atoms with Gasteiger partial charge in [-0.05, 0) is 40.9 Å². The van der Waals surface area contributed by atoms with Gasteiger partial charge in [-0.3, -0.25) is 0 Å². The van der Waals surface area contributed by atoms with E-state index in [2.05, 4.69) is 38.3 Å². The van der Waals surface area contributed by atoms with E-state index in [9.17, 15) is 0 Å². The van der Waals surface area contributed by atoms with Gasteiger partial charge in [-0.15, -0.1) is 11.3 Å². The molecule has 1 saturated heterocycles. The first-order chi connectivity index (χ1) is 8.24. The molecule has 0 saturated carbocycles. The second-order valence-electron chi connectivity index (χ2n) is 4.28. The van der Waals surface area contributed by atoms with Crippen LogP contribution >= 0.6 is 27.3 Å². The van der Waals surface area contributed by atoms with Crippen molar-refractivity contribution in [2.45, 2.75) is 19.4 Å². The van der Waals surface area contributed by atoms with Crippen LogP contribution in [0.3, 0.4) is 0 Å². The molecule has 1 N–H and O–H groups in total. The molecule has 3 rings (SSSR count). The van der Waals surface area contributed by atoms with Crippen molar-refractivity contribution in [1.29, 1.82) is 0 Å². The van der Waals surface area contributed by atoms with Crippen molar-refractivity contribution in [3.8, 4) is 10.7 Å². The van der Waals surface area contributed by atoms with Crippen LogP contribution in [0.2, 0.25) is 0 Å². The lowest BCUT2D eigenvalue weighted by Crippen LogP contribution is -2.16. The molecule has 2 aromatic rings. The zero-order chi connectivity index (χ0) is 11.8. The largest absolute Gasteiger partial charge is 0.337 e. The molecule has 0 amide bonds. The molecule has 0 bridgehead atoms. The second-order valence-corrected chi connectivity index (χ2v) is 6.11. The van der Waals surface area contributed by atoms with Crippen LogP contribution in [-0.4, -0.2) is 16.7 Å². The smallest absolute Gasteiger partial charge is 0.244 e. The molecule has 17 heavy (non-hydrogen) atoms. The maximum Gasteiger partial charge on any atom is 0.244 e. The number of nitrogens with zero attached hydrogens (tertiary/aromatic N) is 2. The van der Waals surface area contributed by atoms with Crippen molar-refractivity contribution in [1.82, 2.24) is 15.5 Å². The van der Waals surface area contributed by atoms with Gasteiger partial charge in [-0.25, -0.2) is 0 Å². The highest BCUT2D eigenvalue weighted by atomic mass is 79.9. The number of hydrogen-bond donors (Lipinski definition) is 1. The second kappa shape index (κ2) is 4.51. The first-order valence-corrected chi connectivity index (χ1v) is 7.22. The first kappa shape index (κ1) is 11.4. The average Bonchev–Trinajstić information content (AvgIpc) is 2.97. The molecule has 3 heterocycles. The number of aromatic nitrogens is 2. The molecular weight excluding hydrogens is 302 g/mol. The summed E-state index contributed by atoms with van der Waals surface area (Å²) in [6.07, 6.45) is 1.16. The average molecular weight is 314 g/mol. The minimum Gasteiger partial charge on any atom is -0.337 e. The van der Waals surface area contributed by atoms with E-state index in [1.54, 1.807) is 11.3 Å². The molecule has 1 aliphatic heterocycles. The van der Waals surface area contributed by atoms with Crippen LogP contribution in [0.4, 0.5) is 0 Å². The Kier molecular flexibility index (Phi) is 3.02. The highest BCUT2D eigenvalue weighted by Gasteiger charge is 2.29. The summed E-state index contributed by atoms with van der Waals surface area (Å²) >= 11 is 5.03. The lowest BCUT2D eigenvalue weighted by atomic mass is 10.0. The van der Waals surface area contributed by atoms with E-state index in [0.29, 0.717) is 17.6 Å². The van der Waals surface area contributed by atoms with Crippen molar-refractivity contribution in [3.05, 3.63) is 21.8 Å². The summed E-state index contributed by atoms with van der Waals surface area (Å²) < 4.78 is 6.40. The van der Waals surface area contributed by atoms with Crippen molar-refractivity contribution >= 4 is 27.3 Å². The molecule has 0 aliphatic carbocycles. The summed E-state index contributed by atoms with van der Waals surface area (Å²) in [7, 11) is 0. The van der Waals surface area contributed by atoms with E-state index >= 15 is 0 Å². The van der Waals surface area contributed by atoms with Crippen LogP contribution in [0.5, 0.6) is 0 Å². The van der Waals surface area contributed by atoms with E-state index in [-0.39, 0.29) is 6.04 Å². The van der Waals surface area contributed by atoms with E-state index in [1.165, 1.54) is 0 Å². The van der Waals surface area contributed by atoms with Gasteiger partial charge < -0.3 is 9.84 Å². The van der Waals surface area contributed by atoms with Crippen molar-refractivity contribution < 1.29 is 4.52 Å². The van der Waals surface area contributed by atoms with E-state index in [4.69, 9.17) is 4.52 Å². The van der Waals surface area contributed by atoms with Gasteiger partial charge in [0.15, 0.2) is 0 Å². The van der Waals surface area contributed by atoms with Gasteiger partial charge in [0.05, 0.1) is 10.9 Å². The SMILES string of the molecule is CC1CCNC1c1nc(-c2cc(Br)cs2)no1. The van der Waals surface area contributed by atoms with Crippen molar-refractivity contribution in [2.75, 3.05) is 6.54 Å². The predicted molar refractivity (Wildman–Crippen MR) is 69.8 cm³/mol. The Balaban J connectivity index is 1.87. The Morgan fingerprint density at radius 2 is 2.47 bits per heavy atom. The van der Waals surface area contributed by atoms with E-state index in [0.717, 1.165) is 22.3 Å². The Labute approximate surface area is 112 Å². The minimum absolute atomic E-state index is 0.208. The topological polar surface area (TPSA) is 51.0 Å². The summed E-state index contributed by atoms with van der Waals surface area (Å²) in [6, 6.07) is 2.21. The molecule has 2 unspecified atom stereocenters. The molecule has 0 radical (unpaired) electrons. The Morgan fingerprint density at radius 3 is 3.12 bits per heavy atom. The van der Waals surface area contributed by atoms with Gasteiger partial charge in [0, 0.05) is 9.85 Å². The molecule has 2 aromatic heterocycles. The minimum atomic E-state index is 0.208. The fraction of sp³-hybridized carbons (Fsp3) is 0.455. The van der Waals surface area contributed by atoms with Crippen molar-refractivity contribution in [3.63, 3.8) is 0 Å². The summed E-state index contributed by atoms with van der Waals surface area (Å²) in [4.78, 5) is 5.50. The highest BCUT2D eigenvalue weighted by Crippen LogP contribution is 2.31. The van der Waals surface area contributed by atoms with Crippen LogP contribution < -0.4 is 5.32 Å². The number of thiophene rings is 1. The maximum atomic E-state index is 5.35. The Morgan fingerprint density at radius 1 is 1.59 bits per heavy atom.